The number of carboxylic acid groups (broad SMARTS) is 1. The van der Waals surface area contributed by atoms with Gasteiger partial charge in [0.25, 0.3) is 5.91 Å². The lowest BCUT2D eigenvalue weighted by Crippen LogP contribution is -2.35. The molecule has 1 rings (SSSR count). The largest absolute Gasteiger partial charge is 0.475 e. The molecule has 1 amide bonds. The van der Waals surface area contributed by atoms with Gasteiger partial charge in [0.05, 0.1) is 0 Å². The second kappa shape index (κ2) is 7.23. The summed E-state index contributed by atoms with van der Waals surface area (Å²) in [6.45, 7) is 4.07. The Labute approximate surface area is 117 Å². The van der Waals surface area contributed by atoms with E-state index < -0.39 is 5.97 Å². The van der Waals surface area contributed by atoms with Gasteiger partial charge in [0.15, 0.2) is 5.76 Å². The molecule has 1 unspecified atom stereocenters. The standard InChI is InChI=1S/C13H19NO4S/c1-4-19-8-7-9(2)14(3)12(15)10-5-6-11(18-10)13(16)17/h5-6,9H,4,7-8H2,1-3H3,(H,16,17). The van der Waals surface area contributed by atoms with Gasteiger partial charge < -0.3 is 14.4 Å². The van der Waals surface area contributed by atoms with Gasteiger partial charge in [0, 0.05) is 13.1 Å². The molecule has 106 valence electrons. The fraction of sp³-hybridized carbons (Fsp3) is 0.538. The van der Waals surface area contributed by atoms with Crippen LogP contribution in [-0.4, -0.2) is 46.5 Å². The van der Waals surface area contributed by atoms with Crippen molar-refractivity contribution >= 4 is 23.6 Å². The number of furan rings is 1. The number of hydrogen-bond donors (Lipinski definition) is 1. The summed E-state index contributed by atoms with van der Waals surface area (Å²) in [7, 11) is 1.70. The number of thioether (sulfide) groups is 1. The van der Waals surface area contributed by atoms with Crippen molar-refractivity contribution in [2.45, 2.75) is 26.3 Å². The molecular weight excluding hydrogens is 266 g/mol. The molecule has 0 aliphatic carbocycles. The zero-order valence-electron chi connectivity index (χ0n) is 11.4. The first kappa shape index (κ1) is 15.6. The van der Waals surface area contributed by atoms with Gasteiger partial charge >= 0.3 is 5.97 Å². The second-order valence-electron chi connectivity index (χ2n) is 4.22. The Hall–Kier alpha value is -1.43. The molecule has 0 fully saturated rings. The number of rotatable bonds is 7. The Morgan fingerprint density at radius 3 is 2.58 bits per heavy atom. The molecule has 0 aliphatic rings. The minimum absolute atomic E-state index is 0.0647. The SMILES string of the molecule is CCSCCC(C)N(C)C(=O)c1ccc(C(=O)O)o1. The lowest BCUT2D eigenvalue weighted by Gasteiger charge is -2.23. The van der Waals surface area contributed by atoms with E-state index in [1.165, 1.54) is 12.1 Å². The molecule has 1 aromatic heterocycles. The summed E-state index contributed by atoms with van der Waals surface area (Å²) in [6, 6.07) is 2.78. The van der Waals surface area contributed by atoms with Gasteiger partial charge in [-0.3, -0.25) is 4.79 Å². The van der Waals surface area contributed by atoms with Gasteiger partial charge in [-0.2, -0.15) is 11.8 Å². The molecule has 0 radical (unpaired) electrons. The molecule has 0 aromatic carbocycles. The summed E-state index contributed by atoms with van der Waals surface area (Å²) in [5, 5.41) is 8.75. The molecule has 1 heterocycles. The predicted octanol–water partition coefficient (Wildman–Crippen LogP) is 2.58. The monoisotopic (exact) mass is 285 g/mol. The Bertz CT molecular complexity index is 444. The molecule has 1 aromatic rings. The van der Waals surface area contributed by atoms with Gasteiger partial charge in [-0.15, -0.1) is 0 Å². The molecule has 6 heteroatoms. The highest BCUT2D eigenvalue weighted by atomic mass is 32.2. The molecule has 5 nitrogen and oxygen atoms in total. The first-order valence-corrected chi connectivity index (χ1v) is 7.30. The fourth-order valence-corrected chi connectivity index (χ4v) is 2.33. The van der Waals surface area contributed by atoms with E-state index in [-0.39, 0.29) is 23.5 Å². The average Bonchev–Trinajstić information content (AvgIpc) is 2.86. The second-order valence-corrected chi connectivity index (χ2v) is 5.61. The maximum Gasteiger partial charge on any atom is 0.371 e. The van der Waals surface area contributed by atoms with E-state index in [4.69, 9.17) is 9.52 Å². The smallest absolute Gasteiger partial charge is 0.371 e. The van der Waals surface area contributed by atoms with Crippen molar-refractivity contribution in [1.29, 1.82) is 0 Å². The molecule has 0 saturated heterocycles. The number of carboxylic acids is 1. The minimum Gasteiger partial charge on any atom is -0.475 e. The van der Waals surface area contributed by atoms with Crippen LogP contribution in [0.15, 0.2) is 16.5 Å². The Kier molecular flexibility index (Phi) is 5.95. The lowest BCUT2D eigenvalue weighted by atomic mass is 10.2. The zero-order valence-corrected chi connectivity index (χ0v) is 12.2. The molecule has 0 spiro atoms. The number of carbonyl (C=O) groups excluding carboxylic acids is 1. The normalized spacial score (nSPS) is 12.2. The van der Waals surface area contributed by atoms with Crippen LogP contribution in [0.4, 0.5) is 0 Å². The maximum atomic E-state index is 12.1. The van der Waals surface area contributed by atoms with Crippen LogP contribution in [0.1, 0.15) is 41.4 Å². The molecule has 1 N–H and O–H groups in total. The summed E-state index contributed by atoms with van der Waals surface area (Å²) >= 11 is 1.83. The van der Waals surface area contributed by atoms with Crippen molar-refractivity contribution < 1.29 is 19.1 Å². The van der Waals surface area contributed by atoms with Gasteiger partial charge in [-0.25, -0.2) is 4.79 Å². The Balaban J connectivity index is 2.62. The van der Waals surface area contributed by atoms with Crippen LogP contribution in [0.3, 0.4) is 0 Å². The summed E-state index contributed by atoms with van der Waals surface area (Å²) < 4.78 is 5.01. The molecule has 1 atom stereocenters. The van der Waals surface area contributed by atoms with Crippen molar-refractivity contribution in [2.75, 3.05) is 18.6 Å². The molecule has 0 saturated carbocycles. The first-order valence-electron chi connectivity index (χ1n) is 6.15. The molecule has 19 heavy (non-hydrogen) atoms. The van der Waals surface area contributed by atoms with Gasteiger partial charge in [0.2, 0.25) is 5.76 Å². The summed E-state index contributed by atoms with van der Waals surface area (Å²) in [6.07, 6.45) is 0.896. The van der Waals surface area contributed by atoms with E-state index in [0.29, 0.717) is 0 Å². The van der Waals surface area contributed by atoms with E-state index in [1.807, 2.05) is 18.7 Å². The van der Waals surface area contributed by atoms with Crippen LogP contribution < -0.4 is 0 Å². The fourth-order valence-electron chi connectivity index (χ4n) is 1.53. The Morgan fingerprint density at radius 2 is 2.05 bits per heavy atom. The average molecular weight is 285 g/mol. The van der Waals surface area contributed by atoms with Crippen LogP contribution in [0.5, 0.6) is 0 Å². The van der Waals surface area contributed by atoms with Crippen LogP contribution in [0, 0.1) is 0 Å². The molecule has 0 aliphatic heterocycles. The van der Waals surface area contributed by atoms with E-state index in [0.717, 1.165) is 17.9 Å². The maximum absolute atomic E-state index is 12.1. The van der Waals surface area contributed by atoms with Crippen molar-refractivity contribution in [3.63, 3.8) is 0 Å². The highest BCUT2D eigenvalue weighted by Crippen LogP contribution is 2.14. The summed E-state index contributed by atoms with van der Waals surface area (Å²) in [4.78, 5) is 24.4. The van der Waals surface area contributed by atoms with Gasteiger partial charge in [-0.05, 0) is 37.0 Å². The first-order chi connectivity index (χ1) is 8.97. The van der Waals surface area contributed by atoms with Crippen LogP contribution >= 0.6 is 11.8 Å². The quantitative estimate of drug-likeness (QED) is 0.780. The third-order valence-electron chi connectivity index (χ3n) is 2.89. The topological polar surface area (TPSA) is 70.8 Å². The minimum atomic E-state index is -1.17. The summed E-state index contributed by atoms with van der Waals surface area (Å²) in [5.41, 5.74) is 0. The highest BCUT2D eigenvalue weighted by molar-refractivity contribution is 7.99. The van der Waals surface area contributed by atoms with E-state index >= 15 is 0 Å². The highest BCUT2D eigenvalue weighted by Gasteiger charge is 2.21. The lowest BCUT2D eigenvalue weighted by molar-refractivity contribution is 0.0647. The zero-order chi connectivity index (χ0) is 14.4. The Morgan fingerprint density at radius 1 is 1.42 bits per heavy atom. The predicted molar refractivity (Wildman–Crippen MR) is 74.8 cm³/mol. The molecular formula is C13H19NO4S. The number of amides is 1. The third-order valence-corrected chi connectivity index (χ3v) is 3.83. The van der Waals surface area contributed by atoms with Crippen LogP contribution in [-0.2, 0) is 0 Å². The van der Waals surface area contributed by atoms with Crippen LogP contribution in [0.25, 0.3) is 0 Å². The number of carbonyl (C=O) groups is 2. The number of nitrogens with zero attached hydrogens (tertiary/aromatic N) is 1. The van der Waals surface area contributed by atoms with E-state index in [1.54, 1.807) is 11.9 Å². The van der Waals surface area contributed by atoms with Gasteiger partial charge in [-0.1, -0.05) is 6.92 Å². The number of aromatic carboxylic acids is 1. The molecule has 0 bridgehead atoms. The van der Waals surface area contributed by atoms with E-state index in [2.05, 4.69) is 6.92 Å². The van der Waals surface area contributed by atoms with Crippen molar-refractivity contribution in [1.82, 2.24) is 4.90 Å². The van der Waals surface area contributed by atoms with Gasteiger partial charge in [0.1, 0.15) is 0 Å². The van der Waals surface area contributed by atoms with Crippen molar-refractivity contribution in [3.05, 3.63) is 23.7 Å². The summed E-state index contributed by atoms with van der Waals surface area (Å²) in [5.74, 6) is 0.440. The van der Waals surface area contributed by atoms with Crippen LogP contribution in [0.2, 0.25) is 0 Å². The van der Waals surface area contributed by atoms with Crippen molar-refractivity contribution in [2.24, 2.45) is 0 Å². The van der Waals surface area contributed by atoms with Crippen molar-refractivity contribution in [3.8, 4) is 0 Å². The van der Waals surface area contributed by atoms with E-state index in [9.17, 15) is 9.59 Å². The number of hydrogen-bond acceptors (Lipinski definition) is 4. The third kappa shape index (κ3) is 4.31.